The Kier molecular flexibility index (Phi) is 5.48. The lowest BCUT2D eigenvalue weighted by atomic mass is 10.0. The summed E-state index contributed by atoms with van der Waals surface area (Å²) in [4.78, 5) is 14.6. The first-order chi connectivity index (χ1) is 11.7. The van der Waals surface area contributed by atoms with Gasteiger partial charge in [-0.15, -0.1) is 0 Å². The third-order valence-corrected chi connectivity index (χ3v) is 4.76. The van der Waals surface area contributed by atoms with E-state index in [4.69, 9.17) is 11.6 Å². The Morgan fingerprint density at radius 2 is 1.79 bits per heavy atom. The molecule has 24 heavy (non-hydrogen) atoms. The zero-order chi connectivity index (χ0) is 16.9. The van der Waals surface area contributed by atoms with Crippen molar-refractivity contribution in [3.05, 3.63) is 70.5 Å². The van der Waals surface area contributed by atoms with Crippen LogP contribution in [-0.4, -0.2) is 30.4 Å². The number of benzene rings is 2. The van der Waals surface area contributed by atoms with Crippen LogP contribution < -0.4 is 5.32 Å². The van der Waals surface area contributed by atoms with Crippen molar-refractivity contribution in [3.63, 3.8) is 0 Å². The minimum atomic E-state index is -0.509. The molecule has 1 saturated heterocycles. The largest absolute Gasteiger partial charge is 0.350 e. The van der Waals surface area contributed by atoms with Crippen LogP contribution in [0.5, 0.6) is 0 Å². The molecule has 1 heterocycles. The highest BCUT2D eigenvalue weighted by Gasteiger charge is 2.25. The number of hydrogen-bond donors (Lipinski definition) is 1. The first kappa shape index (κ1) is 16.9. The number of rotatable bonds is 5. The molecule has 0 bridgehead atoms. The molecule has 1 fully saturated rings. The Morgan fingerprint density at radius 1 is 1.12 bits per heavy atom. The van der Waals surface area contributed by atoms with Crippen molar-refractivity contribution in [2.24, 2.45) is 0 Å². The molecule has 1 aliphatic heterocycles. The van der Waals surface area contributed by atoms with Crippen LogP contribution in [-0.2, 0) is 0 Å². The molecule has 126 valence electrons. The lowest BCUT2D eigenvalue weighted by Crippen LogP contribution is -2.37. The molecule has 0 spiro atoms. The number of amides is 1. The molecule has 0 aliphatic carbocycles. The zero-order valence-electron chi connectivity index (χ0n) is 13.3. The molecule has 5 heteroatoms. The van der Waals surface area contributed by atoms with E-state index < -0.39 is 11.7 Å². The number of halogens is 2. The number of hydrogen-bond acceptors (Lipinski definition) is 2. The van der Waals surface area contributed by atoms with Gasteiger partial charge >= 0.3 is 0 Å². The number of carbonyl (C=O) groups is 1. The van der Waals surface area contributed by atoms with E-state index in [0.29, 0.717) is 11.6 Å². The van der Waals surface area contributed by atoms with Crippen LogP contribution in [0.25, 0.3) is 0 Å². The first-order valence-electron chi connectivity index (χ1n) is 8.18. The maximum Gasteiger partial charge on any atom is 0.254 e. The smallest absolute Gasteiger partial charge is 0.254 e. The Labute approximate surface area is 146 Å². The van der Waals surface area contributed by atoms with Gasteiger partial charge in [0.1, 0.15) is 5.82 Å². The fraction of sp³-hybridized carbons (Fsp3) is 0.316. The van der Waals surface area contributed by atoms with Crippen LogP contribution in [0.15, 0.2) is 48.5 Å². The van der Waals surface area contributed by atoms with Gasteiger partial charge in [0, 0.05) is 11.6 Å². The molecule has 3 nitrogen and oxygen atoms in total. The van der Waals surface area contributed by atoms with Gasteiger partial charge in [-0.3, -0.25) is 9.69 Å². The molecule has 0 radical (unpaired) electrons. The second-order valence-corrected chi connectivity index (χ2v) is 6.38. The average Bonchev–Trinajstić information content (AvgIpc) is 3.11. The van der Waals surface area contributed by atoms with Gasteiger partial charge in [0.05, 0.1) is 11.6 Å². The molecule has 3 rings (SSSR count). The van der Waals surface area contributed by atoms with E-state index in [9.17, 15) is 9.18 Å². The van der Waals surface area contributed by atoms with E-state index in [1.54, 1.807) is 12.1 Å². The summed E-state index contributed by atoms with van der Waals surface area (Å²) in [5.41, 5.74) is 1.06. The minimum absolute atomic E-state index is 0.00285. The summed E-state index contributed by atoms with van der Waals surface area (Å²) in [5.74, 6) is -0.908. The maximum absolute atomic E-state index is 13.8. The number of likely N-dealkylation sites (tertiary alicyclic amines) is 1. The maximum atomic E-state index is 13.8. The summed E-state index contributed by atoms with van der Waals surface area (Å²) in [7, 11) is 0. The van der Waals surface area contributed by atoms with E-state index in [1.165, 1.54) is 12.1 Å². The van der Waals surface area contributed by atoms with Crippen molar-refractivity contribution in [1.29, 1.82) is 0 Å². The molecule has 1 amide bonds. The van der Waals surface area contributed by atoms with Gasteiger partial charge in [-0.05, 0) is 49.7 Å². The zero-order valence-corrected chi connectivity index (χ0v) is 14.1. The van der Waals surface area contributed by atoms with Crippen LogP contribution in [0.3, 0.4) is 0 Å². The van der Waals surface area contributed by atoms with Crippen LogP contribution in [0.1, 0.15) is 34.8 Å². The Balaban J connectivity index is 1.76. The highest BCUT2D eigenvalue weighted by atomic mass is 35.5. The van der Waals surface area contributed by atoms with Gasteiger partial charge in [0.25, 0.3) is 5.91 Å². The molecule has 2 aromatic carbocycles. The molecule has 2 aromatic rings. The predicted octanol–water partition coefficient (Wildman–Crippen LogP) is 4.05. The van der Waals surface area contributed by atoms with Crippen LogP contribution in [0.2, 0.25) is 5.02 Å². The molecule has 1 N–H and O–H groups in total. The topological polar surface area (TPSA) is 32.3 Å². The van der Waals surface area contributed by atoms with Crippen molar-refractivity contribution in [2.75, 3.05) is 19.6 Å². The Bertz CT molecular complexity index is 716. The van der Waals surface area contributed by atoms with Gasteiger partial charge in [-0.25, -0.2) is 4.39 Å². The SMILES string of the molecule is O=C(NC[C@H](c1ccccc1Cl)N1CCCC1)c1ccccc1F. The second kappa shape index (κ2) is 7.77. The molecule has 0 unspecified atom stereocenters. The summed E-state index contributed by atoms with van der Waals surface area (Å²) in [5, 5.41) is 3.55. The number of carbonyl (C=O) groups excluding carboxylic acids is 1. The fourth-order valence-electron chi connectivity index (χ4n) is 3.16. The number of nitrogens with one attached hydrogen (secondary N) is 1. The lowest BCUT2D eigenvalue weighted by Gasteiger charge is -2.29. The lowest BCUT2D eigenvalue weighted by molar-refractivity contribution is 0.0934. The van der Waals surface area contributed by atoms with Crippen LogP contribution >= 0.6 is 11.6 Å². The first-order valence-corrected chi connectivity index (χ1v) is 8.56. The summed E-state index contributed by atoms with van der Waals surface area (Å²) in [6.45, 7) is 2.35. The summed E-state index contributed by atoms with van der Waals surface area (Å²) in [6, 6.07) is 13.7. The normalized spacial score (nSPS) is 16.1. The quantitative estimate of drug-likeness (QED) is 0.886. The van der Waals surface area contributed by atoms with Crippen LogP contribution in [0.4, 0.5) is 4.39 Å². The van der Waals surface area contributed by atoms with Crippen molar-refractivity contribution >= 4 is 17.5 Å². The summed E-state index contributed by atoms with van der Waals surface area (Å²) < 4.78 is 13.8. The molecular weight excluding hydrogens is 327 g/mol. The van der Waals surface area contributed by atoms with Crippen LogP contribution in [0, 0.1) is 5.82 Å². The van der Waals surface area contributed by atoms with Crippen molar-refractivity contribution < 1.29 is 9.18 Å². The van der Waals surface area contributed by atoms with Crippen molar-refractivity contribution in [2.45, 2.75) is 18.9 Å². The standard InChI is InChI=1S/C19H20ClFN2O/c20-16-9-3-1-7-14(16)18(23-11-5-6-12-23)13-22-19(24)15-8-2-4-10-17(15)21/h1-4,7-10,18H,5-6,11-13H2,(H,22,24)/t18-/m1/s1. The highest BCUT2D eigenvalue weighted by molar-refractivity contribution is 6.31. The molecule has 0 aromatic heterocycles. The van der Waals surface area contributed by atoms with E-state index in [1.807, 2.05) is 24.3 Å². The third kappa shape index (κ3) is 3.77. The monoisotopic (exact) mass is 346 g/mol. The predicted molar refractivity (Wildman–Crippen MR) is 93.7 cm³/mol. The van der Waals surface area contributed by atoms with Gasteiger partial charge in [0.2, 0.25) is 0 Å². The van der Waals surface area contributed by atoms with Crippen molar-refractivity contribution in [3.8, 4) is 0 Å². The van der Waals surface area contributed by atoms with E-state index in [2.05, 4.69) is 10.2 Å². The van der Waals surface area contributed by atoms with E-state index >= 15 is 0 Å². The van der Waals surface area contributed by atoms with Gasteiger partial charge in [-0.1, -0.05) is 41.9 Å². The molecule has 1 aliphatic rings. The summed E-state index contributed by atoms with van der Waals surface area (Å²) >= 11 is 6.36. The second-order valence-electron chi connectivity index (χ2n) is 5.97. The molecule has 0 saturated carbocycles. The number of nitrogens with zero attached hydrogens (tertiary/aromatic N) is 1. The van der Waals surface area contributed by atoms with E-state index in [-0.39, 0.29) is 11.6 Å². The summed E-state index contributed by atoms with van der Waals surface area (Å²) in [6.07, 6.45) is 2.28. The fourth-order valence-corrected chi connectivity index (χ4v) is 3.43. The average molecular weight is 347 g/mol. The van der Waals surface area contributed by atoms with Gasteiger partial charge < -0.3 is 5.32 Å². The van der Waals surface area contributed by atoms with E-state index in [0.717, 1.165) is 31.5 Å². The Morgan fingerprint density at radius 3 is 2.50 bits per heavy atom. The van der Waals surface area contributed by atoms with Gasteiger partial charge in [0.15, 0.2) is 0 Å². The molecule has 1 atom stereocenters. The minimum Gasteiger partial charge on any atom is -0.350 e. The highest BCUT2D eigenvalue weighted by Crippen LogP contribution is 2.29. The Hall–Kier alpha value is -1.91. The molecular formula is C19H20ClFN2O. The third-order valence-electron chi connectivity index (χ3n) is 4.42. The van der Waals surface area contributed by atoms with Gasteiger partial charge in [-0.2, -0.15) is 0 Å². The van der Waals surface area contributed by atoms with Crippen molar-refractivity contribution in [1.82, 2.24) is 10.2 Å².